The van der Waals surface area contributed by atoms with E-state index >= 15 is 0 Å². The van der Waals surface area contributed by atoms with Gasteiger partial charge in [0, 0.05) is 19.0 Å². The molecule has 0 radical (unpaired) electrons. The number of hydrogen-bond acceptors (Lipinski definition) is 5. The van der Waals surface area contributed by atoms with Crippen molar-refractivity contribution in [2.45, 2.75) is 149 Å². The molecule has 0 spiro atoms. The Hall–Kier alpha value is -0.650. The van der Waals surface area contributed by atoms with Crippen LogP contribution in [0.15, 0.2) is 0 Å². The van der Waals surface area contributed by atoms with Gasteiger partial charge in [0.05, 0.1) is 13.2 Å². The molecule has 2 unspecified atom stereocenters. The van der Waals surface area contributed by atoms with Crippen molar-refractivity contribution < 1.29 is 14.6 Å². The maximum absolute atomic E-state index is 12.3. The summed E-state index contributed by atoms with van der Waals surface area (Å²) in [6.45, 7) is 13.7. The van der Waals surface area contributed by atoms with Gasteiger partial charge in [-0.3, -0.25) is 4.79 Å². The van der Waals surface area contributed by atoms with Crippen molar-refractivity contribution in [2.24, 2.45) is 5.92 Å². The molecule has 0 aliphatic heterocycles. The molecule has 0 fully saturated rings. The fourth-order valence-electron chi connectivity index (χ4n) is 4.88. The predicted molar refractivity (Wildman–Crippen MR) is 156 cm³/mol. The van der Waals surface area contributed by atoms with E-state index in [-0.39, 0.29) is 12.6 Å². The van der Waals surface area contributed by atoms with E-state index in [4.69, 9.17) is 9.84 Å². The van der Waals surface area contributed by atoms with Crippen molar-refractivity contribution in [3.05, 3.63) is 0 Å². The largest absolute Gasteiger partial charge is 0.465 e. The zero-order valence-corrected chi connectivity index (χ0v) is 24.8. The number of aliphatic hydroxyl groups is 1. The van der Waals surface area contributed by atoms with Crippen LogP contribution in [0.3, 0.4) is 0 Å². The number of aliphatic hydroxyl groups excluding tert-OH is 1. The van der Waals surface area contributed by atoms with Crippen molar-refractivity contribution in [2.75, 3.05) is 39.4 Å². The molecular weight excluding hydrogens is 448 g/mol. The molecule has 0 saturated carbocycles. The molecule has 0 rings (SSSR count). The molecule has 2 N–H and O–H groups in total. The van der Waals surface area contributed by atoms with Gasteiger partial charge < -0.3 is 20.1 Å². The third-order valence-corrected chi connectivity index (χ3v) is 7.44. The van der Waals surface area contributed by atoms with Crippen LogP contribution in [0.5, 0.6) is 0 Å². The van der Waals surface area contributed by atoms with Crippen LogP contribution in [0, 0.1) is 5.92 Å². The highest BCUT2D eigenvalue weighted by atomic mass is 16.5. The lowest BCUT2D eigenvalue weighted by Crippen LogP contribution is -2.31. The number of carbonyl (C=O) groups excluding carboxylic acids is 1. The number of carbonyl (C=O) groups is 1. The van der Waals surface area contributed by atoms with E-state index < -0.39 is 0 Å². The quantitative estimate of drug-likeness (QED) is 0.0839. The molecule has 5 nitrogen and oxygen atoms in total. The van der Waals surface area contributed by atoms with Gasteiger partial charge in [-0.15, -0.1) is 0 Å². The van der Waals surface area contributed by atoms with Crippen LogP contribution >= 0.6 is 0 Å². The molecule has 216 valence electrons. The van der Waals surface area contributed by atoms with Crippen molar-refractivity contribution in [3.63, 3.8) is 0 Å². The second-order valence-corrected chi connectivity index (χ2v) is 10.9. The Labute approximate surface area is 225 Å². The van der Waals surface area contributed by atoms with Gasteiger partial charge >= 0.3 is 5.97 Å². The summed E-state index contributed by atoms with van der Waals surface area (Å²) in [5, 5.41) is 12.7. The molecular formula is C31H64N2O3. The average Bonchev–Trinajstić information content (AvgIpc) is 2.88. The Kier molecular flexibility index (Phi) is 26.9. The first kappa shape index (κ1) is 35.4. The van der Waals surface area contributed by atoms with E-state index in [2.05, 4.69) is 37.9 Å². The number of esters is 1. The Balaban J connectivity index is 3.89. The molecule has 0 saturated heterocycles. The topological polar surface area (TPSA) is 61.8 Å². The summed E-state index contributed by atoms with van der Waals surface area (Å²) in [5.41, 5.74) is 0. The first-order valence-electron chi connectivity index (χ1n) is 15.8. The van der Waals surface area contributed by atoms with Crippen LogP contribution < -0.4 is 5.32 Å². The van der Waals surface area contributed by atoms with Gasteiger partial charge in [-0.05, 0) is 71.0 Å². The highest BCUT2D eigenvalue weighted by Gasteiger charge is 2.12. The number of rotatable bonds is 28. The molecule has 0 amide bonds. The lowest BCUT2D eigenvalue weighted by Gasteiger charge is -2.20. The zero-order chi connectivity index (χ0) is 26.7. The summed E-state index contributed by atoms with van der Waals surface area (Å²) in [6.07, 6.45) is 21.6. The molecule has 5 heteroatoms. The summed E-state index contributed by atoms with van der Waals surface area (Å²) in [6, 6.07) is 0.517. The van der Waals surface area contributed by atoms with Crippen molar-refractivity contribution in [3.8, 4) is 0 Å². The van der Waals surface area contributed by atoms with Gasteiger partial charge in [0.2, 0.25) is 0 Å². The molecule has 0 aliphatic rings. The number of unbranched alkanes of at least 4 members (excludes halogenated alkanes) is 10. The molecule has 0 aliphatic carbocycles. The Bertz CT molecular complexity index is 461. The fraction of sp³-hybridized carbons (Fsp3) is 0.968. The summed E-state index contributed by atoms with van der Waals surface area (Å²) < 4.78 is 5.72. The first-order chi connectivity index (χ1) is 17.6. The maximum atomic E-state index is 12.3. The van der Waals surface area contributed by atoms with Crippen LogP contribution in [0.4, 0.5) is 0 Å². The number of hydrogen-bond donors (Lipinski definition) is 2. The van der Waals surface area contributed by atoms with Crippen LogP contribution in [0.1, 0.15) is 143 Å². The number of likely N-dealkylation sites (N-methyl/N-ethyl adjacent to an activating group) is 1. The number of nitrogens with zero attached hydrogens (tertiary/aromatic N) is 1. The first-order valence-corrected chi connectivity index (χ1v) is 15.8. The van der Waals surface area contributed by atoms with E-state index in [1.165, 1.54) is 77.0 Å². The lowest BCUT2D eigenvalue weighted by molar-refractivity contribution is -0.145. The lowest BCUT2D eigenvalue weighted by atomic mass is 9.95. The van der Waals surface area contributed by atoms with Crippen LogP contribution in [-0.2, 0) is 9.53 Å². The molecule has 0 aromatic heterocycles. The molecule has 0 aromatic carbocycles. The van der Waals surface area contributed by atoms with Gasteiger partial charge in [-0.25, -0.2) is 0 Å². The van der Waals surface area contributed by atoms with E-state index in [1.54, 1.807) is 0 Å². The van der Waals surface area contributed by atoms with E-state index in [1.807, 2.05) is 0 Å². The zero-order valence-electron chi connectivity index (χ0n) is 24.8. The van der Waals surface area contributed by atoms with Crippen LogP contribution in [0.25, 0.3) is 0 Å². The second-order valence-electron chi connectivity index (χ2n) is 10.9. The van der Waals surface area contributed by atoms with E-state index in [0.717, 1.165) is 58.3 Å². The van der Waals surface area contributed by atoms with Crippen molar-refractivity contribution in [1.29, 1.82) is 0 Å². The molecule has 0 bridgehead atoms. The fourth-order valence-corrected chi connectivity index (χ4v) is 4.88. The highest BCUT2D eigenvalue weighted by molar-refractivity contribution is 5.69. The van der Waals surface area contributed by atoms with Gasteiger partial charge in [-0.2, -0.15) is 0 Å². The van der Waals surface area contributed by atoms with Crippen LogP contribution in [0.2, 0.25) is 0 Å². The second kappa shape index (κ2) is 27.4. The summed E-state index contributed by atoms with van der Waals surface area (Å²) >= 11 is 0. The minimum atomic E-state index is 0.00110. The van der Waals surface area contributed by atoms with E-state index in [9.17, 15) is 4.79 Å². The summed E-state index contributed by atoms with van der Waals surface area (Å²) in [7, 11) is 0. The van der Waals surface area contributed by atoms with Gasteiger partial charge in [-0.1, -0.05) is 91.4 Å². The number of nitrogens with one attached hydrogen (secondary N) is 1. The standard InChI is InChI=1S/C31H64N2O3/c1-5-8-10-12-13-16-22-30(21-15-11-9-6-2)28-36-31(35)23-17-14-18-24-32-29(4)20-19-25-33(7-3)26-27-34/h29-30,32,34H,5-28H2,1-4H3. The molecule has 0 aromatic rings. The smallest absolute Gasteiger partial charge is 0.305 e. The van der Waals surface area contributed by atoms with Crippen LogP contribution in [-0.4, -0.2) is 61.4 Å². The third kappa shape index (κ3) is 23.7. The monoisotopic (exact) mass is 512 g/mol. The Morgan fingerprint density at radius 1 is 0.778 bits per heavy atom. The summed E-state index contributed by atoms with van der Waals surface area (Å²) in [5.74, 6) is 0.553. The van der Waals surface area contributed by atoms with Gasteiger partial charge in [0.1, 0.15) is 0 Å². The summed E-state index contributed by atoms with van der Waals surface area (Å²) in [4.78, 5) is 14.6. The Morgan fingerprint density at radius 3 is 2.03 bits per heavy atom. The van der Waals surface area contributed by atoms with Gasteiger partial charge in [0.15, 0.2) is 0 Å². The van der Waals surface area contributed by atoms with E-state index in [0.29, 0.717) is 25.0 Å². The minimum absolute atomic E-state index is 0.00110. The average molecular weight is 513 g/mol. The normalized spacial score (nSPS) is 13.3. The molecule has 0 heterocycles. The molecule has 2 atom stereocenters. The predicted octanol–water partition coefficient (Wildman–Crippen LogP) is 7.50. The minimum Gasteiger partial charge on any atom is -0.465 e. The third-order valence-electron chi connectivity index (χ3n) is 7.44. The highest BCUT2D eigenvalue weighted by Crippen LogP contribution is 2.20. The SMILES string of the molecule is CCCCCCCCC(CCCCCC)COC(=O)CCCCCNC(C)CCCN(CC)CCO. The van der Waals surface area contributed by atoms with Crippen molar-refractivity contribution >= 4 is 5.97 Å². The Morgan fingerprint density at radius 2 is 1.39 bits per heavy atom. The number of ether oxygens (including phenoxy) is 1. The van der Waals surface area contributed by atoms with Crippen molar-refractivity contribution in [1.82, 2.24) is 10.2 Å². The molecule has 36 heavy (non-hydrogen) atoms. The maximum Gasteiger partial charge on any atom is 0.305 e. The van der Waals surface area contributed by atoms with Gasteiger partial charge in [0.25, 0.3) is 0 Å².